The van der Waals surface area contributed by atoms with Crippen LogP contribution in [0.1, 0.15) is 27.7 Å². The summed E-state index contributed by atoms with van der Waals surface area (Å²) in [5.41, 5.74) is 4.89. The molecule has 1 fully saturated rings. The summed E-state index contributed by atoms with van der Waals surface area (Å²) in [6.45, 7) is 5.08. The van der Waals surface area contributed by atoms with Crippen LogP contribution >= 0.6 is 11.8 Å². The quantitative estimate of drug-likeness (QED) is 0.393. The van der Waals surface area contributed by atoms with Gasteiger partial charge in [-0.3, -0.25) is 19.2 Å². The Morgan fingerprint density at radius 1 is 1.00 bits per heavy atom. The zero-order valence-electron chi connectivity index (χ0n) is 15.8. The topological polar surface area (TPSA) is 143 Å². The van der Waals surface area contributed by atoms with E-state index in [2.05, 4.69) is 5.32 Å². The van der Waals surface area contributed by atoms with E-state index in [1.807, 2.05) is 0 Å². The van der Waals surface area contributed by atoms with Crippen LogP contribution in [0.25, 0.3) is 0 Å². The van der Waals surface area contributed by atoms with Crippen molar-refractivity contribution in [2.24, 2.45) is 5.73 Å². The van der Waals surface area contributed by atoms with Crippen LogP contribution in [0.3, 0.4) is 0 Å². The number of hydrogen-bond acceptors (Lipinski definition) is 10. The number of nitrogens with one attached hydrogen (secondary N) is 1. The Balaban J connectivity index is 3.22. The van der Waals surface area contributed by atoms with Gasteiger partial charge in [-0.1, -0.05) is 0 Å². The molecule has 0 bridgehead atoms. The zero-order chi connectivity index (χ0) is 20.6. The maximum atomic E-state index is 11.7. The van der Waals surface area contributed by atoms with Gasteiger partial charge in [-0.15, -0.1) is 11.8 Å². The fourth-order valence-corrected chi connectivity index (χ4v) is 3.64. The molecule has 11 heteroatoms. The predicted octanol–water partition coefficient (Wildman–Crippen LogP) is -0.666. The number of ether oxygens (including phenoxy) is 4. The molecule has 0 aromatic rings. The highest BCUT2D eigenvalue weighted by molar-refractivity contribution is 7.99. The number of carbonyl (C=O) groups is 4. The number of hydrogen-bond donors (Lipinski definition) is 2. The standard InChI is InChI=1S/C16H26N2O8S/c1-8(19)18-13-15(25-11(4)22)14(24-10(3)21)12(7-23-9(2)20)26-16(13)27-6-5-17/h12-16H,5-7,17H2,1-4H3,(H,18,19). The molecule has 1 rings (SSSR count). The lowest BCUT2D eigenvalue weighted by Gasteiger charge is -2.45. The van der Waals surface area contributed by atoms with Crippen molar-refractivity contribution in [3.8, 4) is 0 Å². The van der Waals surface area contributed by atoms with Crippen LogP contribution < -0.4 is 11.1 Å². The molecule has 1 amide bonds. The second-order valence-corrected chi connectivity index (χ2v) is 7.09. The zero-order valence-corrected chi connectivity index (χ0v) is 16.6. The highest BCUT2D eigenvalue weighted by atomic mass is 32.2. The number of amides is 1. The third-order valence-electron chi connectivity index (χ3n) is 3.47. The summed E-state index contributed by atoms with van der Waals surface area (Å²) in [6.07, 6.45) is -2.99. The number of carbonyl (C=O) groups excluding carboxylic acids is 4. The summed E-state index contributed by atoms with van der Waals surface area (Å²) in [5.74, 6) is -1.67. The average Bonchev–Trinajstić information content (AvgIpc) is 2.54. The lowest BCUT2D eigenvalue weighted by Crippen LogP contribution is -2.65. The second-order valence-electron chi connectivity index (χ2n) is 5.88. The monoisotopic (exact) mass is 406 g/mol. The predicted molar refractivity (Wildman–Crippen MR) is 95.5 cm³/mol. The maximum Gasteiger partial charge on any atom is 0.303 e. The molecule has 5 unspecified atom stereocenters. The summed E-state index contributed by atoms with van der Waals surface area (Å²) >= 11 is 1.30. The molecule has 1 saturated heterocycles. The minimum absolute atomic E-state index is 0.211. The van der Waals surface area contributed by atoms with E-state index in [9.17, 15) is 19.2 Å². The molecule has 0 aliphatic carbocycles. The molecular weight excluding hydrogens is 380 g/mol. The van der Waals surface area contributed by atoms with E-state index in [-0.39, 0.29) is 12.5 Å². The van der Waals surface area contributed by atoms with Crippen molar-refractivity contribution in [2.75, 3.05) is 18.9 Å². The molecule has 0 radical (unpaired) electrons. The molecule has 0 spiro atoms. The average molecular weight is 406 g/mol. The van der Waals surface area contributed by atoms with Gasteiger partial charge in [0.15, 0.2) is 12.2 Å². The molecule has 10 nitrogen and oxygen atoms in total. The Kier molecular flexibility index (Phi) is 9.53. The van der Waals surface area contributed by atoms with Crippen LogP contribution in [-0.2, 0) is 38.1 Å². The van der Waals surface area contributed by atoms with E-state index in [1.54, 1.807) is 0 Å². The van der Waals surface area contributed by atoms with Crippen LogP contribution in [0.4, 0.5) is 0 Å². The molecule has 0 aromatic carbocycles. The number of nitrogens with two attached hydrogens (primary N) is 1. The SMILES string of the molecule is CC(=O)NC1C(SCCN)OC(COC(C)=O)C(OC(C)=O)C1OC(C)=O. The summed E-state index contributed by atoms with van der Waals surface area (Å²) in [4.78, 5) is 46.1. The van der Waals surface area contributed by atoms with Crippen molar-refractivity contribution in [1.29, 1.82) is 0 Å². The van der Waals surface area contributed by atoms with Crippen LogP contribution in [0.15, 0.2) is 0 Å². The van der Waals surface area contributed by atoms with Crippen LogP contribution in [0, 0.1) is 0 Å². The Hall–Kier alpha value is -1.85. The second kappa shape index (κ2) is 11.1. The van der Waals surface area contributed by atoms with E-state index < -0.39 is 47.7 Å². The highest BCUT2D eigenvalue weighted by Crippen LogP contribution is 2.32. The van der Waals surface area contributed by atoms with Crippen LogP contribution in [0.5, 0.6) is 0 Å². The maximum absolute atomic E-state index is 11.7. The minimum Gasteiger partial charge on any atom is -0.463 e. The first-order valence-electron chi connectivity index (χ1n) is 8.37. The van der Waals surface area contributed by atoms with Gasteiger partial charge in [0, 0.05) is 40.0 Å². The van der Waals surface area contributed by atoms with Crippen molar-refractivity contribution in [1.82, 2.24) is 5.32 Å². The Bertz CT molecular complexity index is 559. The van der Waals surface area contributed by atoms with E-state index in [1.165, 1.54) is 39.5 Å². The lowest BCUT2D eigenvalue weighted by molar-refractivity contribution is -0.211. The number of rotatable bonds is 8. The molecule has 1 aliphatic rings. The molecule has 0 saturated carbocycles. The van der Waals surface area contributed by atoms with Gasteiger partial charge in [0.25, 0.3) is 0 Å². The Labute approximate surface area is 161 Å². The summed E-state index contributed by atoms with van der Waals surface area (Å²) in [7, 11) is 0. The van der Waals surface area contributed by atoms with Gasteiger partial charge in [-0.2, -0.15) is 0 Å². The smallest absolute Gasteiger partial charge is 0.303 e. The first kappa shape index (κ1) is 23.2. The molecule has 0 aromatic heterocycles. The van der Waals surface area contributed by atoms with Gasteiger partial charge < -0.3 is 30.0 Å². The van der Waals surface area contributed by atoms with Crippen molar-refractivity contribution in [3.63, 3.8) is 0 Å². The van der Waals surface area contributed by atoms with Crippen LogP contribution in [-0.4, -0.2) is 72.5 Å². The van der Waals surface area contributed by atoms with E-state index in [4.69, 9.17) is 24.7 Å². The Morgan fingerprint density at radius 3 is 2.07 bits per heavy atom. The fourth-order valence-electron chi connectivity index (χ4n) is 2.62. The number of thioether (sulfide) groups is 1. The summed E-state index contributed by atoms with van der Waals surface area (Å²) in [6, 6.07) is -0.791. The molecule has 27 heavy (non-hydrogen) atoms. The molecule has 1 aliphatic heterocycles. The largest absolute Gasteiger partial charge is 0.463 e. The highest BCUT2D eigenvalue weighted by Gasteiger charge is 2.50. The van der Waals surface area contributed by atoms with E-state index in [0.29, 0.717) is 12.3 Å². The molecule has 1 heterocycles. The third kappa shape index (κ3) is 7.73. The van der Waals surface area contributed by atoms with Gasteiger partial charge in [0.05, 0.1) is 0 Å². The van der Waals surface area contributed by atoms with E-state index in [0.717, 1.165) is 0 Å². The molecule has 3 N–H and O–H groups in total. The Morgan fingerprint density at radius 2 is 1.59 bits per heavy atom. The normalized spacial score (nSPS) is 27.4. The first-order valence-corrected chi connectivity index (χ1v) is 9.42. The fraction of sp³-hybridized carbons (Fsp3) is 0.750. The van der Waals surface area contributed by atoms with Gasteiger partial charge in [0.2, 0.25) is 5.91 Å². The summed E-state index contributed by atoms with van der Waals surface area (Å²) in [5, 5.41) is 2.68. The third-order valence-corrected chi connectivity index (χ3v) is 4.68. The van der Waals surface area contributed by atoms with Gasteiger partial charge >= 0.3 is 17.9 Å². The van der Waals surface area contributed by atoms with Crippen molar-refractivity contribution >= 4 is 35.6 Å². The lowest BCUT2D eigenvalue weighted by atomic mass is 9.97. The van der Waals surface area contributed by atoms with Crippen molar-refractivity contribution in [2.45, 2.75) is 57.5 Å². The van der Waals surface area contributed by atoms with Crippen molar-refractivity contribution < 1.29 is 38.1 Å². The first-order chi connectivity index (χ1) is 12.6. The van der Waals surface area contributed by atoms with Gasteiger partial charge in [-0.05, 0) is 0 Å². The molecule has 154 valence electrons. The number of esters is 3. The van der Waals surface area contributed by atoms with Crippen molar-refractivity contribution in [3.05, 3.63) is 0 Å². The molecule has 5 atom stereocenters. The van der Waals surface area contributed by atoms with Gasteiger partial charge in [-0.25, -0.2) is 0 Å². The van der Waals surface area contributed by atoms with Crippen LogP contribution in [0.2, 0.25) is 0 Å². The molecular formula is C16H26N2O8S. The summed E-state index contributed by atoms with van der Waals surface area (Å²) < 4.78 is 21.6. The minimum atomic E-state index is -1.07. The van der Waals surface area contributed by atoms with E-state index >= 15 is 0 Å². The van der Waals surface area contributed by atoms with Gasteiger partial charge in [0.1, 0.15) is 24.2 Å².